The van der Waals surface area contributed by atoms with Crippen LogP contribution in [-0.2, 0) is 11.3 Å². The summed E-state index contributed by atoms with van der Waals surface area (Å²) in [5, 5.41) is 7.31. The van der Waals surface area contributed by atoms with Crippen molar-refractivity contribution in [3.8, 4) is 11.5 Å². The molecule has 1 saturated carbocycles. The number of aromatic nitrogens is 2. The third kappa shape index (κ3) is 3.40. The molecule has 0 aliphatic heterocycles. The fraction of sp³-hybridized carbons (Fsp3) is 0.300. The SMILES string of the molecule is COc1cccc(Cn2nccc2NC(=O)[C@@H]2C[C@@H]2c2ccco2)c1OC. The van der Waals surface area contributed by atoms with E-state index in [1.165, 1.54) is 0 Å². The number of furan rings is 1. The predicted octanol–water partition coefficient (Wildman–Crippen LogP) is 3.28. The number of methoxy groups -OCH3 is 2. The van der Waals surface area contributed by atoms with Gasteiger partial charge in [0.1, 0.15) is 11.6 Å². The van der Waals surface area contributed by atoms with Gasteiger partial charge >= 0.3 is 0 Å². The Morgan fingerprint density at radius 3 is 2.89 bits per heavy atom. The van der Waals surface area contributed by atoms with Gasteiger partial charge < -0.3 is 19.2 Å². The van der Waals surface area contributed by atoms with Gasteiger partial charge in [0.05, 0.1) is 33.2 Å². The van der Waals surface area contributed by atoms with Crippen molar-refractivity contribution in [3.63, 3.8) is 0 Å². The fourth-order valence-corrected chi connectivity index (χ4v) is 3.32. The minimum atomic E-state index is -0.0640. The molecule has 0 radical (unpaired) electrons. The summed E-state index contributed by atoms with van der Waals surface area (Å²) >= 11 is 0. The molecule has 1 fully saturated rings. The van der Waals surface area contributed by atoms with E-state index in [1.807, 2.05) is 30.3 Å². The molecule has 0 bridgehead atoms. The predicted molar refractivity (Wildman–Crippen MR) is 99.1 cm³/mol. The normalized spacial score (nSPS) is 18.1. The molecule has 1 aromatic carbocycles. The number of nitrogens with zero attached hydrogens (tertiary/aromatic N) is 2. The van der Waals surface area contributed by atoms with Gasteiger partial charge in [-0.3, -0.25) is 4.79 Å². The molecular weight excluding hydrogens is 346 g/mol. The molecule has 4 rings (SSSR count). The number of anilines is 1. The van der Waals surface area contributed by atoms with Gasteiger partial charge in [-0.15, -0.1) is 0 Å². The van der Waals surface area contributed by atoms with Crippen LogP contribution < -0.4 is 14.8 Å². The number of benzene rings is 1. The number of ether oxygens (including phenoxy) is 2. The van der Waals surface area contributed by atoms with E-state index >= 15 is 0 Å². The summed E-state index contributed by atoms with van der Waals surface area (Å²) in [6.45, 7) is 0.454. The molecule has 1 aliphatic rings. The molecule has 7 nitrogen and oxygen atoms in total. The van der Waals surface area contributed by atoms with Crippen LogP contribution in [0.2, 0.25) is 0 Å². The summed E-state index contributed by atoms with van der Waals surface area (Å²) < 4.78 is 18.0. The van der Waals surface area contributed by atoms with Crippen LogP contribution in [0.4, 0.5) is 5.82 Å². The van der Waals surface area contributed by atoms with E-state index < -0.39 is 0 Å². The maximum atomic E-state index is 12.6. The van der Waals surface area contributed by atoms with Gasteiger partial charge in [0.25, 0.3) is 0 Å². The van der Waals surface area contributed by atoms with Gasteiger partial charge in [0, 0.05) is 23.5 Å². The Kier molecular flexibility index (Phi) is 4.58. The van der Waals surface area contributed by atoms with E-state index in [1.54, 1.807) is 37.4 Å². The molecule has 1 N–H and O–H groups in total. The average molecular weight is 367 g/mol. The number of carbonyl (C=O) groups is 1. The number of nitrogens with one attached hydrogen (secondary N) is 1. The number of carbonyl (C=O) groups excluding carboxylic acids is 1. The number of hydrogen-bond donors (Lipinski definition) is 1. The quantitative estimate of drug-likeness (QED) is 0.693. The van der Waals surface area contributed by atoms with Crippen LogP contribution in [-0.4, -0.2) is 29.9 Å². The first kappa shape index (κ1) is 17.2. The zero-order valence-electron chi connectivity index (χ0n) is 15.2. The van der Waals surface area contributed by atoms with Gasteiger partial charge in [-0.25, -0.2) is 4.68 Å². The zero-order valence-corrected chi connectivity index (χ0v) is 15.2. The molecule has 2 heterocycles. The minimum absolute atomic E-state index is 0.0178. The Balaban J connectivity index is 1.47. The van der Waals surface area contributed by atoms with Crippen molar-refractivity contribution in [1.82, 2.24) is 9.78 Å². The summed E-state index contributed by atoms with van der Waals surface area (Å²) in [5.74, 6) is 2.91. The molecule has 3 aromatic rings. The lowest BCUT2D eigenvalue weighted by molar-refractivity contribution is -0.117. The number of rotatable bonds is 7. The summed E-state index contributed by atoms with van der Waals surface area (Å²) in [4.78, 5) is 12.6. The Bertz CT molecular complexity index is 933. The number of hydrogen-bond acceptors (Lipinski definition) is 5. The molecule has 0 spiro atoms. The maximum Gasteiger partial charge on any atom is 0.229 e. The van der Waals surface area contributed by atoms with E-state index in [9.17, 15) is 4.79 Å². The highest BCUT2D eigenvalue weighted by atomic mass is 16.5. The Labute approximate surface area is 156 Å². The van der Waals surface area contributed by atoms with Crippen LogP contribution in [0.3, 0.4) is 0 Å². The third-order valence-electron chi connectivity index (χ3n) is 4.81. The van der Waals surface area contributed by atoms with Crippen LogP contribution in [0.5, 0.6) is 11.5 Å². The van der Waals surface area contributed by atoms with Crippen molar-refractivity contribution < 1.29 is 18.7 Å². The first-order valence-corrected chi connectivity index (χ1v) is 8.77. The summed E-state index contributed by atoms with van der Waals surface area (Å²) in [5.41, 5.74) is 0.913. The van der Waals surface area contributed by atoms with E-state index in [2.05, 4.69) is 10.4 Å². The van der Waals surface area contributed by atoms with E-state index in [0.29, 0.717) is 23.9 Å². The van der Waals surface area contributed by atoms with E-state index in [4.69, 9.17) is 13.9 Å². The van der Waals surface area contributed by atoms with Crippen molar-refractivity contribution in [2.24, 2.45) is 5.92 Å². The van der Waals surface area contributed by atoms with E-state index in [0.717, 1.165) is 17.7 Å². The highest BCUT2D eigenvalue weighted by Gasteiger charge is 2.46. The second-order valence-electron chi connectivity index (χ2n) is 6.48. The molecule has 0 saturated heterocycles. The molecular formula is C20H21N3O4. The van der Waals surface area contributed by atoms with Gasteiger partial charge in [0.15, 0.2) is 11.5 Å². The average Bonchev–Trinajstić information content (AvgIpc) is 3.08. The van der Waals surface area contributed by atoms with E-state index in [-0.39, 0.29) is 17.7 Å². The lowest BCUT2D eigenvalue weighted by Gasteiger charge is -2.14. The second-order valence-corrected chi connectivity index (χ2v) is 6.48. The van der Waals surface area contributed by atoms with Crippen LogP contribution in [0.1, 0.15) is 23.7 Å². The van der Waals surface area contributed by atoms with Gasteiger partial charge in [0.2, 0.25) is 5.91 Å². The van der Waals surface area contributed by atoms with Crippen molar-refractivity contribution in [3.05, 3.63) is 60.2 Å². The molecule has 0 unspecified atom stereocenters. The molecule has 140 valence electrons. The smallest absolute Gasteiger partial charge is 0.229 e. The lowest BCUT2D eigenvalue weighted by atomic mass is 10.2. The monoisotopic (exact) mass is 367 g/mol. The molecule has 27 heavy (non-hydrogen) atoms. The molecule has 2 atom stereocenters. The van der Waals surface area contributed by atoms with Crippen LogP contribution >= 0.6 is 0 Å². The van der Waals surface area contributed by atoms with Gasteiger partial charge in [-0.2, -0.15) is 5.10 Å². The Hall–Kier alpha value is -3.22. The van der Waals surface area contributed by atoms with Crippen LogP contribution in [0, 0.1) is 5.92 Å². The summed E-state index contributed by atoms with van der Waals surface area (Å²) in [6.07, 6.45) is 4.11. The van der Waals surface area contributed by atoms with Crippen molar-refractivity contribution in [1.29, 1.82) is 0 Å². The minimum Gasteiger partial charge on any atom is -0.493 e. The number of amides is 1. The highest BCUT2D eigenvalue weighted by Crippen LogP contribution is 2.48. The second kappa shape index (κ2) is 7.19. The summed E-state index contributed by atoms with van der Waals surface area (Å²) in [7, 11) is 3.21. The van der Waals surface area contributed by atoms with Crippen molar-refractivity contribution in [2.75, 3.05) is 19.5 Å². The van der Waals surface area contributed by atoms with Crippen LogP contribution in [0.15, 0.2) is 53.3 Å². The standard InChI is InChI=1S/C20H21N3O4/c1-25-17-6-3-5-13(19(17)26-2)12-23-18(8-9-21-23)22-20(24)15-11-14(15)16-7-4-10-27-16/h3-10,14-15H,11-12H2,1-2H3,(H,22,24)/t14-,15+/m0/s1. The third-order valence-corrected chi connectivity index (χ3v) is 4.81. The topological polar surface area (TPSA) is 78.5 Å². The first-order chi connectivity index (χ1) is 13.2. The summed E-state index contributed by atoms with van der Waals surface area (Å²) in [6, 6.07) is 11.2. The van der Waals surface area contributed by atoms with Gasteiger partial charge in [-0.05, 0) is 24.6 Å². The largest absolute Gasteiger partial charge is 0.493 e. The maximum absolute atomic E-state index is 12.6. The Morgan fingerprint density at radius 2 is 2.15 bits per heavy atom. The zero-order chi connectivity index (χ0) is 18.8. The number of para-hydroxylation sites is 1. The van der Waals surface area contributed by atoms with Crippen molar-refractivity contribution in [2.45, 2.75) is 18.9 Å². The van der Waals surface area contributed by atoms with Crippen molar-refractivity contribution >= 4 is 11.7 Å². The molecule has 2 aromatic heterocycles. The molecule has 7 heteroatoms. The molecule has 1 amide bonds. The lowest BCUT2D eigenvalue weighted by Crippen LogP contribution is -2.18. The fourth-order valence-electron chi connectivity index (χ4n) is 3.32. The molecule has 1 aliphatic carbocycles. The highest BCUT2D eigenvalue weighted by molar-refractivity contribution is 5.94. The first-order valence-electron chi connectivity index (χ1n) is 8.77. The Morgan fingerprint density at radius 1 is 1.26 bits per heavy atom. The van der Waals surface area contributed by atoms with Gasteiger partial charge in [-0.1, -0.05) is 12.1 Å². The van der Waals surface area contributed by atoms with Crippen LogP contribution in [0.25, 0.3) is 0 Å².